The molecule has 0 aromatic carbocycles. The quantitative estimate of drug-likeness (QED) is 0.537. The lowest BCUT2D eigenvalue weighted by Crippen LogP contribution is -1.88. The number of aromatic nitrogens is 1. The van der Waals surface area contributed by atoms with Crippen LogP contribution in [-0.4, -0.2) is 4.98 Å². The van der Waals surface area contributed by atoms with Crippen molar-refractivity contribution in [2.75, 3.05) is 0 Å². The molecule has 0 saturated heterocycles. The van der Waals surface area contributed by atoms with Gasteiger partial charge in [-0.1, -0.05) is 49.4 Å². The first-order valence-electron chi connectivity index (χ1n) is 5.04. The zero-order chi connectivity index (χ0) is 10.4. The number of pyridine rings is 1. The lowest BCUT2D eigenvalue weighted by Gasteiger charge is -2.02. The second-order valence-electron chi connectivity index (χ2n) is 3.43. The van der Waals surface area contributed by atoms with Crippen LogP contribution in [0.1, 0.15) is 38.2 Å². The highest BCUT2D eigenvalue weighted by molar-refractivity contribution is 6.32. The van der Waals surface area contributed by atoms with Crippen LogP contribution in [0.25, 0.3) is 0 Å². The molecule has 1 nitrogen and oxygen atoms in total. The van der Waals surface area contributed by atoms with Crippen molar-refractivity contribution in [1.82, 2.24) is 4.98 Å². The predicted molar refractivity (Wildman–Crippen MR) is 62.1 cm³/mol. The molecule has 0 unspecified atom stereocenters. The van der Waals surface area contributed by atoms with Gasteiger partial charge in [-0.05, 0) is 30.5 Å². The first-order valence-corrected chi connectivity index (χ1v) is 5.80. The Morgan fingerprint density at radius 2 is 1.71 bits per heavy atom. The Morgan fingerprint density at radius 3 is 2.29 bits per heavy atom. The standard InChI is InChI=1S/C11H15Cl2N/c1-2-3-4-5-6-9-7-10(12)14-11(13)8-9/h7-8H,2-6H2,1H3. The van der Waals surface area contributed by atoms with Gasteiger partial charge < -0.3 is 0 Å². The number of hydrogen-bond acceptors (Lipinski definition) is 1. The molecule has 0 saturated carbocycles. The minimum atomic E-state index is 0.489. The number of halogens is 2. The van der Waals surface area contributed by atoms with Crippen molar-refractivity contribution in [2.24, 2.45) is 0 Å². The summed E-state index contributed by atoms with van der Waals surface area (Å²) >= 11 is 11.6. The van der Waals surface area contributed by atoms with E-state index in [1.54, 1.807) is 0 Å². The summed E-state index contributed by atoms with van der Waals surface area (Å²) in [6.07, 6.45) is 6.07. The van der Waals surface area contributed by atoms with Crippen LogP contribution in [0.5, 0.6) is 0 Å². The molecule has 1 aromatic rings. The highest BCUT2D eigenvalue weighted by atomic mass is 35.5. The minimum absolute atomic E-state index is 0.489. The molecule has 1 aromatic heterocycles. The summed E-state index contributed by atoms with van der Waals surface area (Å²) in [6, 6.07) is 3.78. The summed E-state index contributed by atoms with van der Waals surface area (Å²) in [4.78, 5) is 3.91. The molecule has 0 amide bonds. The number of unbranched alkanes of at least 4 members (excludes halogenated alkanes) is 3. The van der Waals surface area contributed by atoms with Crippen LogP contribution < -0.4 is 0 Å². The Labute approximate surface area is 95.4 Å². The Hall–Kier alpha value is -0.270. The van der Waals surface area contributed by atoms with Gasteiger partial charge in [0.05, 0.1) is 0 Å². The molecule has 0 aliphatic carbocycles. The van der Waals surface area contributed by atoms with Crippen LogP contribution in [0.2, 0.25) is 10.3 Å². The summed E-state index contributed by atoms with van der Waals surface area (Å²) < 4.78 is 0. The van der Waals surface area contributed by atoms with Crippen molar-refractivity contribution in [1.29, 1.82) is 0 Å². The van der Waals surface area contributed by atoms with Crippen LogP contribution in [0.15, 0.2) is 12.1 Å². The van der Waals surface area contributed by atoms with Crippen LogP contribution in [0.4, 0.5) is 0 Å². The van der Waals surface area contributed by atoms with Gasteiger partial charge in [-0.2, -0.15) is 0 Å². The molecule has 0 N–H and O–H groups in total. The fourth-order valence-corrected chi connectivity index (χ4v) is 1.92. The van der Waals surface area contributed by atoms with Gasteiger partial charge in [-0.15, -0.1) is 0 Å². The van der Waals surface area contributed by atoms with E-state index in [1.807, 2.05) is 12.1 Å². The number of hydrogen-bond donors (Lipinski definition) is 0. The lowest BCUT2D eigenvalue weighted by atomic mass is 10.1. The predicted octanol–water partition coefficient (Wildman–Crippen LogP) is 4.51. The summed E-state index contributed by atoms with van der Waals surface area (Å²) in [5, 5.41) is 0.978. The van der Waals surface area contributed by atoms with Gasteiger partial charge in [0.1, 0.15) is 10.3 Å². The largest absolute Gasteiger partial charge is 0.224 e. The molecule has 1 rings (SSSR count). The number of rotatable bonds is 5. The second kappa shape index (κ2) is 6.26. The monoisotopic (exact) mass is 231 g/mol. The van der Waals surface area contributed by atoms with E-state index in [0.29, 0.717) is 10.3 Å². The van der Waals surface area contributed by atoms with Gasteiger partial charge in [0, 0.05) is 0 Å². The fraction of sp³-hybridized carbons (Fsp3) is 0.545. The van der Waals surface area contributed by atoms with Crippen LogP contribution in [-0.2, 0) is 6.42 Å². The van der Waals surface area contributed by atoms with Gasteiger partial charge in [0.25, 0.3) is 0 Å². The van der Waals surface area contributed by atoms with Crippen LogP contribution >= 0.6 is 23.2 Å². The Kier molecular flexibility index (Phi) is 5.28. The molecule has 0 fully saturated rings. The van der Waals surface area contributed by atoms with Crippen LogP contribution in [0, 0.1) is 0 Å². The molecule has 3 heteroatoms. The molecular weight excluding hydrogens is 217 g/mol. The molecule has 0 atom stereocenters. The fourth-order valence-electron chi connectivity index (χ4n) is 1.41. The topological polar surface area (TPSA) is 12.9 Å². The van der Waals surface area contributed by atoms with E-state index in [2.05, 4.69) is 11.9 Å². The SMILES string of the molecule is CCCCCCc1cc(Cl)nc(Cl)c1. The van der Waals surface area contributed by atoms with E-state index in [9.17, 15) is 0 Å². The van der Waals surface area contributed by atoms with Crippen molar-refractivity contribution in [3.63, 3.8) is 0 Å². The van der Waals surface area contributed by atoms with E-state index < -0.39 is 0 Å². The van der Waals surface area contributed by atoms with Crippen molar-refractivity contribution < 1.29 is 0 Å². The Balaban J connectivity index is 2.42. The summed E-state index contributed by atoms with van der Waals surface area (Å²) in [7, 11) is 0. The summed E-state index contributed by atoms with van der Waals surface area (Å²) in [5.74, 6) is 0. The normalized spacial score (nSPS) is 10.5. The molecule has 0 aliphatic rings. The molecule has 1 heterocycles. The minimum Gasteiger partial charge on any atom is -0.224 e. The third kappa shape index (κ3) is 4.30. The third-order valence-corrected chi connectivity index (χ3v) is 2.53. The van der Waals surface area contributed by atoms with Crippen molar-refractivity contribution in [2.45, 2.75) is 39.0 Å². The molecule has 0 aliphatic heterocycles. The van der Waals surface area contributed by atoms with Crippen LogP contribution in [0.3, 0.4) is 0 Å². The van der Waals surface area contributed by atoms with Gasteiger partial charge >= 0.3 is 0 Å². The average molecular weight is 232 g/mol. The summed E-state index contributed by atoms with van der Waals surface area (Å²) in [5.41, 5.74) is 1.19. The lowest BCUT2D eigenvalue weighted by molar-refractivity contribution is 0.666. The molecule has 14 heavy (non-hydrogen) atoms. The first kappa shape index (κ1) is 11.8. The number of nitrogens with zero attached hydrogens (tertiary/aromatic N) is 1. The summed E-state index contributed by atoms with van der Waals surface area (Å²) in [6.45, 7) is 2.21. The highest BCUT2D eigenvalue weighted by Gasteiger charge is 1.99. The van der Waals surface area contributed by atoms with Gasteiger partial charge in [0.15, 0.2) is 0 Å². The van der Waals surface area contributed by atoms with Crippen molar-refractivity contribution in [3.05, 3.63) is 28.0 Å². The maximum absolute atomic E-state index is 5.79. The van der Waals surface area contributed by atoms with E-state index >= 15 is 0 Å². The molecular formula is C11H15Cl2N. The maximum atomic E-state index is 5.79. The number of aryl methyl sites for hydroxylation is 1. The first-order chi connectivity index (χ1) is 6.72. The third-order valence-electron chi connectivity index (χ3n) is 2.14. The van der Waals surface area contributed by atoms with Gasteiger partial charge in [-0.25, -0.2) is 4.98 Å². The highest BCUT2D eigenvalue weighted by Crippen LogP contribution is 2.16. The molecule has 78 valence electrons. The van der Waals surface area contributed by atoms with Crippen molar-refractivity contribution in [3.8, 4) is 0 Å². The van der Waals surface area contributed by atoms with E-state index in [0.717, 1.165) is 6.42 Å². The molecule has 0 bridgehead atoms. The zero-order valence-corrected chi connectivity index (χ0v) is 9.91. The Morgan fingerprint density at radius 1 is 1.07 bits per heavy atom. The van der Waals surface area contributed by atoms with Gasteiger partial charge in [0.2, 0.25) is 0 Å². The molecule has 0 radical (unpaired) electrons. The van der Waals surface area contributed by atoms with E-state index in [-0.39, 0.29) is 0 Å². The average Bonchev–Trinajstić information content (AvgIpc) is 2.11. The van der Waals surface area contributed by atoms with Crippen molar-refractivity contribution >= 4 is 23.2 Å². The van der Waals surface area contributed by atoms with E-state index in [4.69, 9.17) is 23.2 Å². The maximum Gasteiger partial charge on any atom is 0.131 e. The Bertz CT molecular complexity index is 266. The smallest absolute Gasteiger partial charge is 0.131 e. The van der Waals surface area contributed by atoms with Gasteiger partial charge in [-0.3, -0.25) is 0 Å². The van der Waals surface area contributed by atoms with E-state index in [1.165, 1.54) is 31.2 Å². The zero-order valence-electron chi connectivity index (χ0n) is 8.39. The molecule has 0 spiro atoms. The second-order valence-corrected chi connectivity index (χ2v) is 4.21.